The highest BCUT2D eigenvalue weighted by Gasteiger charge is 2.42. The Hall–Kier alpha value is -1.61. The highest BCUT2D eigenvalue weighted by molar-refractivity contribution is 6.01. The van der Waals surface area contributed by atoms with E-state index in [0.717, 1.165) is 38.0 Å². The molecule has 1 saturated carbocycles. The van der Waals surface area contributed by atoms with E-state index in [9.17, 15) is 4.79 Å². The van der Waals surface area contributed by atoms with Crippen molar-refractivity contribution in [1.29, 1.82) is 0 Å². The summed E-state index contributed by atoms with van der Waals surface area (Å²) >= 11 is 0. The smallest absolute Gasteiger partial charge is 0.250 e. The molecule has 1 atom stereocenters. The highest BCUT2D eigenvalue weighted by Crippen LogP contribution is 2.42. The number of hydrogen-bond acceptors (Lipinski definition) is 2. The fourth-order valence-corrected chi connectivity index (χ4v) is 3.91. The number of rotatable bonds is 3. The van der Waals surface area contributed by atoms with E-state index in [2.05, 4.69) is 25.6 Å². The molecule has 1 aromatic rings. The van der Waals surface area contributed by atoms with Crippen molar-refractivity contribution in [2.75, 3.05) is 11.5 Å². The Morgan fingerprint density at radius 2 is 2.00 bits per heavy atom. The van der Waals surface area contributed by atoms with E-state index in [-0.39, 0.29) is 17.6 Å². The minimum atomic E-state index is -0.0103. The maximum atomic E-state index is 12.5. The van der Waals surface area contributed by atoms with Crippen LogP contribution in [0.1, 0.15) is 44.1 Å². The lowest BCUT2D eigenvalue weighted by Crippen LogP contribution is -2.49. The highest BCUT2D eigenvalue weighted by atomic mass is 16.5. The molecule has 2 fully saturated rings. The number of aryl methyl sites for hydroxylation is 1. The SMILES string of the molecule is C=CC(=O)N(c1ccc(C)cc1)C1CCOC2(CCCC2)C1. The number of carbonyl (C=O) groups is 1. The zero-order chi connectivity index (χ0) is 15.6. The van der Waals surface area contributed by atoms with Crippen molar-refractivity contribution in [3.8, 4) is 0 Å². The summed E-state index contributed by atoms with van der Waals surface area (Å²) in [6, 6.07) is 8.40. The van der Waals surface area contributed by atoms with Gasteiger partial charge < -0.3 is 9.64 Å². The second kappa shape index (κ2) is 6.25. The Bertz CT molecular complexity index is 543. The fraction of sp³-hybridized carbons (Fsp3) is 0.526. The van der Waals surface area contributed by atoms with Gasteiger partial charge in [-0.3, -0.25) is 4.79 Å². The number of amides is 1. The van der Waals surface area contributed by atoms with Gasteiger partial charge in [0, 0.05) is 18.3 Å². The molecule has 1 heterocycles. The third-order valence-electron chi connectivity index (χ3n) is 5.07. The molecular weight excluding hydrogens is 274 g/mol. The van der Waals surface area contributed by atoms with Crippen LogP contribution in [0.4, 0.5) is 5.69 Å². The van der Waals surface area contributed by atoms with E-state index in [0.29, 0.717) is 0 Å². The molecule has 3 nitrogen and oxygen atoms in total. The number of carbonyl (C=O) groups excluding carboxylic acids is 1. The zero-order valence-electron chi connectivity index (χ0n) is 13.4. The molecule has 3 rings (SSSR count). The van der Waals surface area contributed by atoms with Crippen molar-refractivity contribution in [2.24, 2.45) is 0 Å². The Morgan fingerprint density at radius 3 is 2.64 bits per heavy atom. The molecule has 0 bridgehead atoms. The van der Waals surface area contributed by atoms with Crippen LogP contribution in [-0.2, 0) is 9.53 Å². The van der Waals surface area contributed by atoms with E-state index in [4.69, 9.17) is 4.74 Å². The van der Waals surface area contributed by atoms with Crippen LogP contribution >= 0.6 is 0 Å². The third-order valence-corrected chi connectivity index (χ3v) is 5.07. The van der Waals surface area contributed by atoms with Crippen molar-refractivity contribution in [3.05, 3.63) is 42.5 Å². The first-order valence-electron chi connectivity index (χ1n) is 8.30. The molecule has 1 aliphatic heterocycles. The van der Waals surface area contributed by atoms with Crippen LogP contribution in [0, 0.1) is 6.92 Å². The molecule has 1 unspecified atom stereocenters. The minimum absolute atomic E-state index is 0.00726. The van der Waals surface area contributed by atoms with Crippen LogP contribution in [0.5, 0.6) is 0 Å². The number of hydrogen-bond donors (Lipinski definition) is 0. The summed E-state index contributed by atoms with van der Waals surface area (Å²) in [7, 11) is 0. The summed E-state index contributed by atoms with van der Waals surface area (Å²) in [4.78, 5) is 14.4. The van der Waals surface area contributed by atoms with Gasteiger partial charge in [0.15, 0.2) is 0 Å². The number of ether oxygens (including phenoxy) is 1. The fourth-order valence-electron chi connectivity index (χ4n) is 3.91. The van der Waals surface area contributed by atoms with Crippen LogP contribution in [-0.4, -0.2) is 24.2 Å². The topological polar surface area (TPSA) is 29.5 Å². The average molecular weight is 299 g/mol. The second-order valence-corrected chi connectivity index (χ2v) is 6.63. The summed E-state index contributed by atoms with van der Waals surface area (Å²) in [5.74, 6) is -0.0103. The van der Waals surface area contributed by atoms with E-state index in [1.54, 1.807) is 0 Å². The molecule has 3 heteroatoms. The maximum Gasteiger partial charge on any atom is 0.250 e. The van der Waals surface area contributed by atoms with Crippen LogP contribution < -0.4 is 4.90 Å². The molecule has 118 valence electrons. The van der Waals surface area contributed by atoms with Crippen molar-refractivity contribution in [1.82, 2.24) is 0 Å². The Kier molecular flexibility index (Phi) is 4.34. The first-order valence-corrected chi connectivity index (χ1v) is 8.30. The zero-order valence-corrected chi connectivity index (χ0v) is 13.4. The van der Waals surface area contributed by atoms with Gasteiger partial charge in [-0.25, -0.2) is 0 Å². The number of benzene rings is 1. The van der Waals surface area contributed by atoms with Gasteiger partial charge in [-0.1, -0.05) is 37.1 Å². The predicted molar refractivity (Wildman–Crippen MR) is 89.0 cm³/mol. The molecular formula is C19H25NO2. The van der Waals surface area contributed by atoms with Gasteiger partial charge in [0.05, 0.1) is 5.60 Å². The molecule has 0 aromatic heterocycles. The Balaban J connectivity index is 1.87. The largest absolute Gasteiger partial charge is 0.375 e. The van der Waals surface area contributed by atoms with Crippen LogP contribution in [0.15, 0.2) is 36.9 Å². The van der Waals surface area contributed by atoms with E-state index in [1.165, 1.54) is 24.5 Å². The monoisotopic (exact) mass is 299 g/mol. The normalized spacial score (nSPS) is 23.4. The van der Waals surface area contributed by atoms with Crippen molar-refractivity contribution < 1.29 is 9.53 Å². The quantitative estimate of drug-likeness (QED) is 0.789. The molecule has 22 heavy (non-hydrogen) atoms. The van der Waals surface area contributed by atoms with Gasteiger partial charge in [0.2, 0.25) is 0 Å². The van der Waals surface area contributed by atoms with Gasteiger partial charge in [-0.15, -0.1) is 0 Å². The first kappa shape index (κ1) is 15.3. The maximum absolute atomic E-state index is 12.5. The van der Waals surface area contributed by atoms with E-state index >= 15 is 0 Å². The van der Waals surface area contributed by atoms with E-state index in [1.807, 2.05) is 17.0 Å². The summed E-state index contributed by atoms with van der Waals surface area (Å²) in [5, 5.41) is 0. The van der Waals surface area contributed by atoms with E-state index < -0.39 is 0 Å². The Morgan fingerprint density at radius 1 is 1.32 bits per heavy atom. The Labute approximate surface area is 133 Å². The van der Waals surface area contributed by atoms with Crippen molar-refractivity contribution >= 4 is 11.6 Å². The summed E-state index contributed by atoms with van der Waals surface area (Å²) < 4.78 is 6.11. The van der Waals surface area contributed by atoms with Crippen LogP contribution in [0.2, 0.25) is 0 Å². The standard InChI is InChI=1S/C19H25NO2/c1-3-18(21)20(16-8-6-15(2)7-9-16)17-10-13-22-19(14-17)11-4-5-12-19/h3,6-9,17H,1,4-5,10-14H2,2H3. The molecule has 0 radical (unpaired) electrons. The molecule has 1 aromatic carbocycles. The lowest BCUT2D eigenvalue weighted by Gasteiger charge is -2.42. The lowest BCUT2D eigenvalue weighted by molar-refractivity contribution is -0.117. The van der Waals surface area contributed by atoms with Gasteiger partial charge in [0.25, 0.3) is 5.91 Å². The van der Waals surface area contributed by atoms with Crippen molar-refractivity contribution in [3.63, 3.8) is 0 Å². The van der Waals surface area contributed by atoms with Gasteiger partial charge >= 0.3 is 0 Å². The molecule has 0 N–H and O–H groups in total. The predicted octanol–water partition coefficient (Wildman–Crippen LogP) is 4.01. The molecule has 2 aliphatic rings. The molecule has 1 amide bonds. The minimum Gasteiger partial charge on any atom is -0.375 e. The van der Waals surface area contributed by atoms with Crippen molar-refractivity contribution in [2.45, 2.75) is 57.1 Å². The van der Waals surface area contributed by atoms with Crippen LogP contribution in [0.3, 0.4) is 0 Å². The van der Waals surface area contributed by atoms with Crippen LogP contribution in [0.25, 0.3) is 0 Å². The van der Waals surface area contributed by atoms with Gasteiger partial charge in [-0.05, 0) is 50.8 Å². The third kappa shape index (κ3) is 2.95. The van der Waals surface area contributed by atoms with Gasteiger partial charge in [-0.2, -0.15) is 0 Å². The summed E-state index contributed by atoms with van der Waals surface area (Å²) in [6.07, 6.45) is 8.02. The lowest BCUT2D eigenvalue weighted by atomic mass is 9.87. The first-order chi connectivity index (χ1) is 10.6. The second-order valence-electron chi connectivity index (χ2n) is 6.63. The summed E-state index contributed by atoms with van der Waals surface area (Å²) in [6.45, 7) is 6.49. The molecule has 1 saturated heterocycles. The number of nitrogens with zero attached hydrogens (tertiary/aromatic N) is 1. The number of anilines is 1. The summed E-state index contributed by atoms with van der Waals surface area (Å²) in [5.41, 5.74) is 2.18. The average Bonchev–Trinajstić information content (AvgIpc) is 2.97. The van der Waals surface area contributed by atoms with Gasteiger partial charge in [0.1, 0.15) is 0 Å². The molecule has 1 aliphatic carbocycles. The molecule has 1 spiro atoms.